The second-order valence-corrected chi connectivity index (χ2v) is 4.15. The van der Waals surface area contributed by atoms with Crippen molar-refractivity contribution in [1.82, 2.24) is 14.6 Å². The number of hydrogen-bond acceptors (Lipinski definition) is 3. The molecule has 0 radical (unpaired) electrons. The van der Waals surface area contributed by atoms with Crippen LogP contribution in [0.25, 0.3) is 17.0 Å². The van der Waals surface area contributed by atoms with Crippen LogP contribution in [0.2, 0.25) is 0 Å². The van der Waals surface area contributed by atoms with Crippen molar-refractivity contribution < 1.29 is 4.79 Å². The minimum absolute atomic E-state index is 0.652. The largest absolute Gasteiger partial charge is 0.298 e. The summed E-state index contributed by atoms with van der Waals surface area (Å²) in [6.45, 7) is 1.89. The summed E-state index contributed by atoms with van der Waals surface area (Å²) >= 11 is 0. The quantitative estimate of drug-likeness (QED) is 0.643. The summed E-state index contributed by atoms with van der Waals surface area (Å²) in [6, 6.07) is 11.7. The summed E-state index contributed by atoms with van der Waals surface area (Å²) in [5.74, 6) is 0.744. The van der Waals surface area contributed by atoms with Crippen molar-refractivity contribution in [3.63, 3.8) is 0 Å². The summed E-state index contributed by atoms with van der Waals surface area (Å²) in [4.78, 5) is 11.0. The monoisotopic (exact) mass is 237 g/mol. The Labute approximate surface area is 104 Å². The standard InChI is InChI=1S/C14H11N3O/c1-10-7-13-15-16-14(11-5-3-2-4-6-11)17(13)8-12(10)9-18/h2-9H,1H3. The molecule has 88 valence electrons. The maximum Gasteiger partial charge on any atom is 0.168 e. The number of aldehydes is 1. The van der Waals surface area contributed by atoms with Crippen LogP contribution >= 0.6 is 0 Å². The highest BCUT2D eigenvalue weighted by Gasteiger charge is 2.09. The molecule has 0 aliphatic heterocycles. The molecule has 0 bridgehead atoms. The van der Waals surface area contributed by atoms with Gasteiger partial charge in [0.2, 0.25) is 0 Å². The highest BCUT2D eigenvalue weighted by molar-refractivity contribution is 5.78. The lowest BCUT2D eigenvalue weighted by Crippen LogP contribution is -1.95. The summed E-state index contributed by atoms with van der Waals surface area (Å²) in [7, 11) is 0. The number of benzene rings is 1. The van der Waals surface area contributed by atoms with Crippen LogP contribution in [0.15, 0.2) is 42.6 Å². The first-order valence-electron chi connectivity index (χ1n) is 5.65. The molecule has 0 unspecified atom stereocenters. The van der Waals surface area contributed by atoms with E-state index in [1.807, 2.05) is 47.7 Å². The van der Waals surface area contributed by atoms with Gasteiger partial charge >= 0.3 is 0 Å². The van der Waals surface area contributed by atoms with E-state index < -0.39 is 0 Å². The van der Waals surface area contributed by atoms with Crippen molar-refractivity contribution in [3.8, 4) is 11.4 Å². The zero-order valence-electron chi connectivity index (χ0n) is 9.87. The summed E-state index contributed by atoms with van der Waals surface area (Å²) in [6.07, 6.45) is 2.63. The second-order valence-electron chi connectivity index (χ2n) is 4.15. The lowest BCUT2D eigenvalue weighted by molar-refractivity contribution is 0.112. The molecule has 2 heterocycles. The smallest absolute Gasteiger partial charge is 0.168 e. The van der Waals surface area contributed by atoms with E-state index in [-0.39, 0.29) is 0 Å². The zero-order valence-corrected chi connectivity index (χ0v) is 9.87. The van der Waals surface area contributed by atoms with Gasteiger partial charge in [0, 0.05) is 17.3 Å². The van der Waals surface area contributed by atoms with Crippen molar-refractivity contribution in [1.29, 1.82) is 0 Å². The minimum atomic E-state index is 0.652. The van der Waals surface area contributed by atoms with Crippen LogP contribution in [0.3, 0.4) is 0 Å². The number of aromatic nitrogens is 3. The van der Waals surface area contributed by atoms with Crippen LogP contribution < -0.4 is 0 Å². The summed E-state index contributed by atoms with van der Waals surface area (Å²) in [5.41, 5.74) is 3.28. The molecule has 4 heteroatoms. The molecule has 3 rings (SSSR count). The van der Waals surface area contributed by atoms with E-state index in [2.05, 4.69) is 10.2 Å². The molecule has 0 N–H and O–H groups in total. The number of rotatable bonds is 2. The Hall–Kier alpha value is -2.49. The molecule has 18 heavy (non-hydrogen) atoms. The van der Waals surface area contributed by atoms with Gasteiger partial charge in [-0.05, 0) is 18.6 Å². The molecule has 0 aliphatic carbocycles. The Morgan fingerprint density at radius 1 is 1.17 bits per heavy atom. The Bertz CT molecular complexity index is 716. The Balaban J connectivity index is 2.29. The number of pyridine rings is 1. The van der Waals surface area contributed by atoms with Crippen LogP contribution in [0.5, 0.6) is 0 Å². The third-order valence-corrected chi connectivity index (χ3v) is 2.95. The van der Waals surface area contributed by atoms with Gasteiger partial charge in [-0.3, -0.25) is 9.20 Å². The Morgan fingerprint density at radius 3 is 2.67 bits per heavy atom. The number of aryl methyl sites for hydroxylation is 1. The molecule has 4 nitrogen and oxygen atoms in total. The van der Waals surface area contributed by atoms with Gasteiger partial charge < -0.3 is 0 Å². The molecular formula is C14H11N3O. The lowest BCUT2D eigenvalue weighted by Gasteiger charge is -2.02. The highest BCUT2D eigenvalue weighted by Crippen LogP contribution is 2.19. The van der Waals surface area contributed by atoms with E-state index in [4.69, 9.17) is 0 Å². The van der Waals surface area contributed by atoms with Gasteiger partial charge in [0.05, 0.1) is 0 Å². The van der Waals surface area contributed by atoms with Crippen LogP contribution in [0, 0.1) is 6.92 Å². The van der Waals surface area contributed by atoms with E-state index in [1.165, 1.54) is 0 Å². The van der Waals surface area contributed by atoms with Gasteiger partial charge in [0.1, 0.15) is 0 Å². The van der Waals surface area contributed by atoms with Crippen molar-refractivity contribution in [2.75, 3.05) is 0 Å². The van der Waals surface area contributed by atoms with E-state index >= 15 is 0 Å². The topological polar surface area (TPSA) is 47.3 Å². The van der Waals surface area contributed by atoms with E-state index in [0.29, 0.717) is 5.56 Å². The molecule has 0 aliphatic rings. The number of fused-ring (bicyclic) bond motifs is 1. The zero-order chi connectivity index (χ0) is 12.5. The van der Waals surface area contributed by atoms with Gasteiger partial charge in [-0.1, -0.05) is 30.3 Å². The Kier molecular flexibility index (Phi) is 2.41. The molecular weight excluding hydrogens is 226 g/mol. The third-order valence-electron chi connectivity index (χ3n) is 2.95. The minimum Gasteiger partial charge on any atom is -0.298 e. The second kappa shape index (κ2) is 4.07. The molecule has 0 fully saturated rings. The fraction of sp³-hybridized carbons (Fsp3) is 0.0714. The predicted octanol–water partition coefficient (Wildman–Crippen LogP) is 2.52. The van der Waals surface area contributed by atoms with Gasteiger partial charge in [0.25, 0.3) is 0 Å². The maximum atomic E-state index is 11.0. The van der Waals surface area contributed by atoms with Gasteiger partial charge in [-0.15, -0.1) is 10.2 Å². The average molecular weight is 237 g/mol. The SMILES string of the molecule is Cc1cc2nnc(-c3ccccc3)n2cc1C=O. The van der Waals surface area contributed by atoms with Gasteiger partial charge in [-0.25, -0.2) is 0 Å². The van der Waals surface area contributed by atoms with E-state index in [1.54, 1.807) is 6.20 Å². The number of carbonyl (C=O) groups excluding carboxylic acids is 1. The van der Waals surface area contributed by atoms with Gasteiger partial charge in [-0.2, -0.15) is 0 Å². The van der Waals surface area contributed by atoms with Crippen molar-refractivity contribution in [2.24, 2.45) is 0 Å². The summed E-state index contributed by atoms with van der Waals surface area (Å²) in [5, 5.41) is 8.31. The molecule has 0 atom stereocenters. The van der Waals surface area contributed by atoms with E-state index in [9.17, 15) is 4.79 Å². The fourth-order valence-electron chi connectivity index (χ4n) is 1.95. The number of carbonyl (C=O) groups is 1. The van der Waals surface area contributed by atoms with Crippen molar-refractivity contribution in [3.05, 3.63) is 53.7 Å². The fourth-order valence-corrected chi connectivity index (χ4v) is 1.95. The molecule has 0 saturated carbocycles. The van der Waals surface area contributed by atoms with Crippen LogP contribution in [-0.2, 0) is 0 Å². The molecule has 0 spiro atoms. The molecule has 1 aromatic carbocycles. The number of hydrogen-bond donors (Lipinski definition) is 0. The summed E-state index contributed by atoms with van der Waals surface area (Å²) < 4.78 is 1.84. The molecule has 2 aromatic heterocycles. The molecule has 0 amide bonds. The molecule has 3 aromatic rings. The van der Waals surface area contributed by atoms with Crippen LogP contribution in [0.1, 0.15) is 15.9 Å². The first kappa shape index (κ1) is 10.7. The van der Waals surface area contributed by atoms with Gasteiger partial charge in [0.15, 0.2) is 17.8 Å². The number of nitrogens with zero attached hydrogens (tertiary/aromatic N) is 3. The third kappa shape index (κ3) is 1.59. The Morgan fingerprint density at radius 2 is 1.94 bits per heavy atom. The first-order chi connectivity index (χ1) is 8.79. The van der Waals surface area contributed by atoms with E-state index in [0.717, 1.165) is 28.9 Å². The highest BCUT2D eigenvalue weighted by atomic mass is 16.1. The van der Waals surface area contributed by atoms with Crippen LogP contribution in [0.4, 0.5) is 0 Å². The predicted molar refractivity (Wildman–Crippen MR) is 68.5 cm³/mol. The maximum absolute atomic E-state index is 11.0. The van der Waals surface area contributed by atoms with Crippen molar-refractivity contribution >= 4 is 11.9 Å². The van der Waals surface area contributed by atoms with Crippen molar-refractivity contribution in [2.45, 2.75) is 6.92 Å². The average Bonchev–Trinajstić information content (AvgIpc) is 2.81. The lowest BCUT2D eigenvalue weighted by atomic mass is 10.1. The van der Waals surface area contributed by atoms with Crippen LogP contribution in [-0.4, -0.2) is 20.9 Å². The first-order valence-corrected chi connectivity index (χ1v) is 5.65. The molecule has 0 saturated heterocycles. The normalized spacial score (nSPS) is 10.7.